The standard InChI is InChI=1S/C11H14N2O5S/c1-17-11(14)9-5-8(10(19-9)13(15)16)12-6-7-3-2-4-18-7/h5,7,12H,2-4,6H2,1H3. The third-order valence-corrected chi connectivity index (χ3v) is 3.88. The van der Waals surface area contributed by atoms with Crippen LogP contribution in [0.15, 0.2) is 6.07 Å². The Balaban J connectivity index is 2.10. The maximum atomic E-state index is 11.4. The van der Waals surface area contributed by atoms with Crippen LogP contribution in [0.4, 0.5) is 10.7 Å². The van der Waals surface area contributed by atoms with Crippen molar-refractivity contribution in [2.75, 3.05) is 25.6 Å². The molecule has 1 N–H and O–H groups in total. The van der Waals surface area contributed by atoms with E-state index in [9.17, 15) is 14.9 Å². The van der Waals surface area contributed by atoms with Crippen molar-refractivity contribution in [3.05, 3.63) is 21.1 Å². The van der Waals surface area contributed by atoms with E-state index in [-0.39, 0.29) is 16.0 Å². The van der Waals surface area contributed by atoms with Gasteiger partial charge >= 0.3 is 11.0 Å². The summed E-state index contributed by atoms with van der Waals surface area (Å²) in [6, 6.07) is 1.45. The Morgan fingerprint density at radius 3 is 3.11 bits per heavy atom. The van der Waals surface area contributed by atoms with E-state index in [1.165, 1.54) is 13.2 Å². The molecule has 19 heavy (non-hydrogen) atoms. The predicted molar refractivity (Wildman–Crippen MR) is 69.8 cm³/mol. The second kappa shape index (κ2) is 5.98. The first kappa shape index (κ1) is 13.8. The molecule has 1 aromatic heterocycles. The lowest BCUT2D eigenvalue weighted by atomic mass is 10.2. The normalized spacial score (nSPS) is 18.3. The molecule has 1 unspecified atom stereocenters. The highest BCUT2D eigenvalue weighted by Gasteiger charge is 2.24. The monoisotopic (exact) mass is 286 g/mol. The lowest BCUT2D eigenvalue weighted by molar-refractivity contribution is -0.379. The van der Waals surface area contributed by atoms with Crippen molar-refractivity contribution in [3.8, 4) is 0 Å². The Hall–Kier alpha value is -1.67. The Kier molecular flexibility index (Phi) is 4.33. The van der Waals surface area contributed by atoms with Gasteiger partial charge in [0, 0.05) is 13.2 Å². The van der Waals surface area contributed by atoms with Gasteiger partial charge in [0.15, 0.2) is 0 Å². The highest BCUT2D eigenvalue weighted by atomic mass is 32.1. The van der Waals surface area contributed by atoms with Crippen molar-refractivity contribution in [2.45, 2.75) is 18.9 Å². The van der Waals surface area contributed by atoms with Gasteiger partial charge in [-0.25, -0.2) is 4.79 Å². The van der Waals surface area contributed by atoms with Crippen LogP contribution in [0.25, 0.3) is 0 Å². The quantitative estimate of drug-likeness (QED) is 0.506. The molecular formula is C11H14N2O5S. The molecule has 1 aliphatic rings. The Labute approximate surface area is 113 Å². The number of hydrogen-bond acceptors (Lipinski definition) is 7. The van der Waals surface area contributed by atoms with Gasteiger partial charge in [-0.15, -0.1) is 0 Å². The zero-order valence-electron chi connectivity index (χ0n) is 10.4. The molecule has 0 aliphatic carbocycles. The van der Waals surface area contributed by atoms with Crippen molar-refractivity contribution in [3.63, 3.8) is 0 Å². The number of hydrogen-bond donors (Lipinski definition) is 1. The van der Waals surface area contributed by atoms with Gasteiger partial charge in [0.1, 0.15) is 10.6 Å². The smallest absolute Gasteiger partial charge is 0.348 e. The molecule has 1 saturated heterocycles. The van der Waals surface area contributed by atoms with E-state index in [1.807, 2.05) is 0 Å². The second-order valence-electron chi connectivity index (χ2n) is 4.09. The van der Waals surface area contributed by atoms with Crippen LogP contribution in [0.3, 0.4) is 0 Å². The van der Waals surface area contributed by atoms with Crippen molar-refractivity contribution in [1.82, 2.24) is 0 Å². The van der Waals surface area contributed by atoms with Crippen LogP contribution >= 0.6 is 11.3 Å². The first-order valence-electron chi connectivity index (χ1n) is 5.84. The number of anilines is 1. The van der Waals surface area contributed by atoms with E-state index in [2.05, 4.69) is 10.1 Å². The Morgan fingerprint density at radius 2 is 2.53 bits per heavy atom. The molecule has 0 spiro atoms. The van der Waals surface area contributed by atoms with Gasteiger partial charge in [0.25, 0.3) is 0 Å². The fraction of sp³-hybridized carbons (Fsp3) is 0.545. The topological polar surface area (TPSA) is 90.7 Å². The first-order valence-corrected chi connectivity index (χ1v) is 6.65. The summed E-state index contributed by atoms with van der Waals surface area (Å²) in [7, 11) is 1.24. The van der Waals surface area contributed by atoms with Crippen molar-refractivity contribution < 1.29 is 19.2 Å². The van der Waals surface area contributed by atoms with Gasteiger partial charge < -0.3 is 14.8 Å². The number of thiophene rings is 1. The molecule has 2 heterocycles. The van der Waals surface area contributed by atoms with Crippen LogP contribution in [-0.4, -0.2) is 37.3 Å². The minimum Gasteiger partial charge on any atom is -0.465 e. The molecule has 7 nitrogen and oxygen atoms in total. The van der Waals surface area contributed by atoms with Crippen LogP contribution in [-0.2, 0) is 9.47 Å². The van der Waals surface area contributed by atoms with Crippen LogP contribution in [0, 0.1) is 10.1 Å². The van der Waals surface area contributed by atoms with Gasteiger partial charge in [0.05, 0.1) is 18.1 Å². The average molecular weight is 286 g/mol. The molecule has 0 amide bonds. The number of ether oxygens (including phenoxy) is 2. The molecule has 0 radical (unpaired) electrons. The van der Waals surface area contributed by atoms with Gasteiger partial charge in [-0.05, 0) is 18.9 Å². The summed E-state index contributed by atoms with van der Waals surface area (Å²) in [5.74, 6) is -0.571. The maximum absolute atomic E-state index is 11.4. The van der Waals surface area contributed by atoms with E-state index in [0.29, 0.717) is 12.2 Å². The molecule has 0 saturated carbocycles. The summed E-state index contributed by atoms with van der Waals surface area (Å²) >= 11 is 0.806. The predicted octanol–water partition coefficient (Wildman–Crippen LogP) is 2.03. The lowest BCUT2D eigenvalue weighted by Gasteiger charge is -2.09. The number of nitrogens with zero attached hydrogens (tertiary/aromatic N) is 1. The largest absolute Gasteiger partial charge is 0.465 e. The summed E-state index contributed by atoms with van der Waals surface area (Å²) in [6.07, 6.45) is 2.02. The van der Waals surface area contributed by atoms with Crippen LogP contribution < -0.4 is 5.32 Å². The molecule has 1 fully saturated rings. The third kappa shape index (κ3) is 3.21. The van der Waals surface area contributed by atoms with E-state index in [4.69, 9.17) is 4.74 Å². The number of nitrogens with one attached hydrogen (secondary N) is 1. The molecule has 0 aromatic carbocycles. The third-order valence-electron chi connectivity index (χ3n) is 2.81. The zero-order valence-corrected chi connectivity index (χ0v) is 11.2. The summed E-state index contributed by atoms with van der Waals surface area (Å²) in [4.78, 5) is 22.0. The van der Waals surface area contributed by atoms with E-state index >= 15 is 0 Å². The van der Waals surface area contributed by atoms with Gasteiger partial charge in [-0.1, -0.05) is 11.3 Å². The van der Waals surface area contributed by atoms with Crippen molar-refractivity contribution in [1.29, 1.82) is 0 Å². The molecule has 1 aromatic rings. The minimum atomic E-state index is -0.571. The van der Waals surface area contributed by atoms with Gasteiger partial charge in [0.2, 0.25) is 0 Å². The van der Waals surface area contributed by atoms with Crippen molar-refractivity contribution >= 4 is 28.0 Å². The van der Waals surface area contributed by atoms with E-state index in [1.54, 1.807) is 0 Å². The Morgan fingerprint density at radius 1 is 1.74 bits per heavy atom. The fourth-order valence-electron chi connectivity index (χ4n) is 1.87. The average Bonchev–Trinajstić information content (AvgIpc) is 3.04. The lowest BCUT2D eigenvalue weighted by Crippen LogP contribution is -2.18. The number of methoxy groups -OCH3 is 1. The van der Waals surface area contributed by atoms with Gasteiger partial charge in [-0.2, -0.15) is 0 Å². The fourth-order valence-corrected chi connectivity index (χ4v) is 2.74. The molecule has 1 atom stereocenters. The second-order valence-corrected chi connectivity index (χ2v) is 5.12. The molecule has 104 valence electrons. The highest BCUT2D eigenvalue weighted by Crippen LogP contribution is 2.35. The molecule has 1 aliphatic heterocycles. The first-order chi connectivity index (χ1) is 9.11. The number of nitro groups is 1. The SMILES string of the molecule is COC(=O)c1cc(NCC2CCCO2)c([N+](=O)[O-])s1. The molecule has 0 bridgehead atoms. The minimum absolute atomic E-state index is 0.0704. The number of carbonyl (C=O) groups excluding carboxylic acids is 1. The van der Waals surface area contributed by atoms with E-state index < -0.39 is 10.9 Å². The number of carbonyl (C=O) groups is 1. The van der Waals surface area contributed by atoms with Crippen LogP contribution in [0.5, 0.6) is 0 Å². The summed E-state index contributed by atoms with van der Waals surface area (Å²) in [5, 5.41) is 13.8. The van der Waals surface area contributed by atoms with Crippen molar-refractivity contribution in [2.24, 2.45) is 0 Å². The Bertz CT molecular complexity index is 481. The van der Waals surface area contributed by atoms with Gasteiger partial charge in [-0.3, -0.25) is 10.1 Å². The number of esters is 1. The summed E-state index contributed by atoms with van der Waals surface area (Å²) < 4.78 is 9.99. The van der Waals surface area contributed by atoms with Crippen LogP contribution in [0.1, 0.15) is 22.5 Å². The molecule has 8 heteroatoms. The summed E-state index contributed by atoms with van der Waals surface area (Å²) in [6.45, 7) is 1.23. The van der Waals surface area contributed by atoms with Crippen LogP contribution in [0.2, 0.25) is 0 Å². The van der Waals surface area contributed by atoms with E-state index in [0.717, 1.165) is 30.8 Å². The maximum Gasteiger partial charge on any atom is 0.348 e. The molecular weight excluding hydrogens is 272 g/mol. The number of rotatable bonds is 5. The zero-order chi connectivity index (χ0) is 13.8. The highest BCUT2D eigenvalue weighted by molar-refractivity contribution is 7.17. The summed E-state index contributed by atoms with van der Waals surface area (Å²) in [5.41, 5.74) is 0.339. The molecule has 2 rings (SSSR count).